The van der Waals surface area contributed by atoms with Gasteiger partial charge in [-0.1, -0.05) is 37.3 Å². The first kappa shape index (κ1) is 9.45. The van der Waals surface area contributed by atoms with Crippen LogP contribution in [0.2, 0.25) is 0 Å². The fourth-order valence-electron chi connectivity index (χ4n) is 2.39. The highest BCUT2D eigenvalue weighted by Gasteiger charge is 2.18. The van der Waals surface area contributed by atoms with E-state index >= 15 is 0 Å². The molecule has 0 spiro atoms. The van der Waals surface area contributed by atoms with Crippen LogP contribution in [-0.2, 0) is 6.42 Å². The molecular formula is C16H14. The second kappa shape index (κ2) is 3.66. The largest absolute Gasteiger partial charge is 0.120 e. The molecule has 3 rings (SSSR count). The molecule has 0 radical (unpaired) electrons. The minimum absolute atomic E-state index is 1.06. The Hall–Kier alpha value is -1.78. The summed E-state index contributed by atoms with van der Waals surface area (Å²) in [5.41, 5.74) is 10.3. The van der Waals surface area contributed by atoms with Gasteiger partial charge in [0.1, 0.15) is 0 Å². The predicted octanol–water partition coefficient (Wildman–Crippen LogP) is 4.06. The van der Waals surface area contributed by atoms with E-state index in [2.05, 4.69) is 55.1 Å². The third-order valence-corrected chi connectivity index (χ3v) is 3.30. The molecule has 0 heteroatoms. The summed E-state index contributed by atoms with van der Waals surface area (Å²) in [7, 11) is 0. The molecule has 0 unspecified atom stereocenters. The van der Waals surface area contributed by atoms with Crippen molar-refractivity contribution in [1.82, 2.24) is 0 Å². The molecule has 0 atom stereocenters. The lowest BCUT2D eigenvalue weighted by molar-refractivity contribution is 1.15. The molecule has 16 heavy (non-hydrogen) atoms. The van der Waals surface area contributed by atoms with E-state index in [1.165, 1.54) is 27.8 Å². The first-order valence-electron chi connectivity index (χ1n) is 5.83. The van der Waals surface area contributed by atoms with E-state index in [4.69, 9.17) is 0 Å². The zero-order valence-corrected chi connectivity index (χ0v) is 9.46. The van der Waals surface area contributed by atoms with Crippen LogP contribution in [0.3, 0.4) is 0 Å². The molecule has 0 nitrogen and oxygen atoms in total. The number of hydrogen-bond donors (Lipinski definition) is 0. The lowest BCUT2D eigenvalue weighted by atomic mass is 10.0. The van der Waals surface area contributed by atoms with Gasteiger partial charge in [0.25, 0.3) is 0 Å². The Balaban J connectivity index is 2.17. The SMILES string of the molecule is CCC1=CC2=C(C=C=C1)Cc1ccccc12. The average molecular weight is 206 g/mol. The van der Waals surface area contributed by atoms with Crippen molar-refractivity contribution in [3.63, 3.8) is 0 Å². The standard InChI is InChI=1S/C16H14/c1-2-12-6-5-8-14-11-13-7-3-4-9-15(13)16(14)10-12/h3-4,6-10H,2,11H2,1H3. The normalized spacial score (nSPS) is 16.9. The van der Waals surface area contributed by atoms with Gasteiger partial charge in [-0.15, -0.1) is 5.73 Å². The molecule has 0 aromatic heterocycles. The summed E-state index contributed by atoms with van der Waals surface area (Å²) in [4.78, 5) is 0. The van der Waals surface area contributed by atoms with Gasteiger partial charge in [0.15, 0.2) is 0 Å². The van der Waals surface area contributed by atoms with E-state index in [0.29, 0.717) is 0 Å². The Morgan fingerprint density at radius 2 is 2.06 bits per heavy atom. The molecule has 0 aliphatic heterocycles. The van der Waals surface area contributed by atoms with Gasteiger partial charge >= 0.3 is 0 Å². The van der Waals surface area contributed by atoms with Crippen LogP contribution in [-0.4, -0.2) is 0 Å². The highest BCUT2D eigenvalue weighted by atomic mass is 14.2. The zero-order chi connectivity index (χ0) is 11.0. The predicted molar refractivity (Wildman–Crippen MR) is 68.1 cm³/mol. The Bertz CT molecular complexity index is 561. The van der Waals surface area contributed by atoms with Crippen LogP contribution < -0.4 is 0 Å². The number of fused-ring (bicyclic) bond motifs is 2. The molecule has 2 aliphatic carbocycles. The number of hydrogen-bond acceptors (Lipinski definition) is 0. The summed E-state index contributed by atoms with van der Waals surface area (Å²) in [6.07, 6.45) is 8.67. The van der Waals surface area contributed by atoms with E-state index in [0.717, 1.165) is 12.8 Å². The molecule has 0 saturated heterocycles. The Morgan fingerprint density at radius 3 is 2.94 bits per heavy atom. The summed E-state index contributed by atoms with van der Waals surface area (Å²) in [6.45, 7) is 2.19. The molecule has 78 valence electrons. The topological polar surface area (TPSA) is 0 Å². The van der Waals surface area contributed by atoms with Crippen molar-refractivity contribution in [1.29, 1.82) is 0 Å². The van der Waals surface area contributed by atoms with E-state index in [1.54, 1.807) is 0 Å². The van der Waals surface area contributed by atoms with Gasteiger partial charge in [-0.2, -0.15) is 0 Å². The lowest BCUT2D eigenvalue weighted by Crippen LogP contribution is -1.82. The van der Waals surface area contributed by atoms with Crippen molar-refractivity contribution < 1.29 is 0 Å². The van der Waals surface area contributed by atoms with Crippen molar-refractivity contribution in [3.8, 4) is 0 Å². The summed E-state index contributed by atoms with van der Waals surface area (Å²) in [6, 6.07) is 8.69. The third-order valence-electron chi connectivity index (χ3n) is 3.30. The van der Waals surface area contributed by atoms with Gasteiger partial charge in [-0.05, 0) is 52.8 Å². The molecule has 0 amide bonds. The van der Waals surface area contributed by atoms with E-state index < -0.39 is 0 Å². The molecular weight excluding hydrogens is 192 g/mol. The molecule has 0 bridgehead atoms. The summed E-state index contributed by atoms with van der Waals surface area (Å²) >= 11 is 0. The number of allylic oxidation sites excluding steroid dienone is 5. The van der Waals surface area contributed by atoms with E-state index in [1.807, 2.05) is 0 Å². The second-order valence-corrected chi connectivity index (χ2v) is 4.30. The molecule has 0 saturated carbocycles. The van der Waals surface area contributed by atoms with Crippen molar-refractivity contribution in [3.05, 3.63) is 70.5 Å². The van der Waals surface area contributed by atoms with Crippen molar-refractivity contribution in [2.45, 2.75) is 19.8 Å². The maximum absolute atomic E-state index is 3.28. The number of rotatable bonds is 1. The first-order chi connectivity index (χ1) is 7.88. The molecule has 0 heterocycles. The maximum Gasteiger partial charge on any atom is -0.000731 e. The third kappa shape index (κ3) is 1.39. The second-order valence-electron chi connectivity index (χ2n) is 4.30. The van der Waals surface area contributed by atoms with E-state index in [-0.39, 0.29) is 0 Å². The molecule has 1 aromatic carbocycles. The first-order valence-corrected chi connectivity index (χ1v) is 5.83. The minimum atomic E-state index is 1.06. The zero-order valence-electron chi connectivity index (χ0n) is 9.46. The number of benzene rings is 1. The van der Waals surface area contributed by atoms with Crippen LogP contribution in [0.5, 0.6) is 0 Å². The quantitative estimate of drug-likeness (QED) is 0.608. The summed E-state index contributed by atoms with van der Waals surface area (Å²) in [5, 5.41) is 0. The van der Waals surface area contributed by atoms with Gasteiger partial charge < -0.3 is 0 Å². The van der Waals surface area contributed by atoms with Gasteiger partial charge in [0.05, 0.1) is 0 Å². The molecule has 0 N–H and O–H groups in total. The summed E-state index contributed by atoms with van der Waals surface area (Å²) in [5.74, 6) is 0. The molecule has 1 aromatic rings. The monoisotopic (exact) mass is 206 g/mol. The van der Waals surface area contributed by atoms with E-state index in [9.17, 15) is 0 Å². The smallest absolute Gasteiger partial charge is 0.000731 e. The van der Waals surface area contributed by atoms with Crippen LogP contribution in [0.1, 0.15) is 24.5 Å². The molecule has 2 aliphatic rings. The van der Waals surface area contributed by atoms with Crippen molar-refractivity contribution in [2.75, 3.05) is 0 Å². The van der Waals surface area contributed by atoms with Crippen LogP contribution in [0.4, 0.5) is 0 Å². The highest BCUT2D eigenvalue weighted by molar-refractivity contribution is 5.85. The van der Waals surface area contributed by atoms with Crippen molar-refractivity contribution in [2.24, 2.45) is 0 Å². The minimum Gasteiger partial charge on any atom is -0.120 e. The van der Waals surface area contributed by atoms with Crippen LogP contribution >= 0.6 is 0 Å². The Kier molecular flexibility index (Phi) is 2.16. The van der Waals surface area contributed by atoms with Gasteiger partial charge in [0, 0.05) is 0 Å². The van der Waals surface area contributed by atoms with Crippen LogP contribution in [0, 0.1) is 0 Å². The van der Waals surface area contributed by atoms with Crippen molar-refractivity contribution >= 4 is 5.57 Å². The maximum atomic E-state index is 3.28. The molecule has 0 fully saturated rings. The Morgan fingerprint density at radius 1 is 1.19 bits per heavy atom. The lowest BCUT2D eigenvalue weighted by Gasteiger charge is -2.02. The van der Waals surface area contributed by atoms with Gasteiger partial charge in [0.2, 0.25) is 0 Å². The fourth-order valence-corrected chi connectivity index (χ4v) is 2.39. The van der Waals surface area contributed by atoms with Crippen LogP contribution in [0.15, 0.2) is 59.4 Å². The van der Waals surface area contributed by atoms with Crippen LogP contribution in [0.25, 0.3) is 5.57 Å². The fraction of sp³-hybridized carbons (Fsp3) is 0.188. The Labute approximate surface area is 96.3 Å². The van der Waals surface area contributed by atoms with Gasteiger partial charge in [-0.3, -0.25) is 0 Å². The average Bonchev–Trinajstić information content (AvgIpc) is 2.54. The summed E-state index contributed by atoms with van der Waals surface area (Å²) < 4.78 is 0. The highest BCUT2D eigenvalue weighted by Crippen LogP contribution is 2.36. The van der Waals surface area contributed by atoms with Gasteiger partial charge in [-0.25, -0.2) is 0 Å².